The second-order valence-corrected chi connectivity index (χ2v) is 6.70. The van der Waals surface area contributed by atoms with E-state index in [9.17, 15) is 13.2 Å². The van der Waals surface area contributed by atoms with Crippen molar-refractivity contribution in [3.63, 3.8) is 0 Å². The van der Waals surface area contributed by atoms with Gasteiger partial charge in [-0.15, -0.1) is 11.3 Å². The predicted octanol–water partition coefficient (Wildman–Crippen LogP) is 4.01. The molecule has 0 aliphatic rings. The number of halogens is 3. The van der Waals surface area contributed by atoms with Crippen molar-refractivity contribution >= 4 is 11.3 Å². The number of aromatic nitrogens is 1. The number of ether oxygens (including phenoxy) is 1. The van der Waals surface area contributed by atoms with Crippen molar-refractivity contribution in [3.05, 3.63) is 15.6 Å². The van der Waals surface area contributed by atoms with Crippen LogP contribution in [-0.2, 0) is 17.5 Å². The standard InChI is InChI=1S/C13H21F3N2OS/c1-6-17-7-8-9(13(14,15)16)18-11(20-8)10(19-5)12(2,3)4/h10,17H,6-7H2,1-5H3. The van der Waals surface area contributed by atoms with E-state index in [1.54, 1.807) is 0 Å². The molecule has 7 heteroatoms. The molecule has 0 radical (unpaired) electrons. The average Bonchev–Trinajstić information content (AvgIpc) is 2.69. The SMILES string of the molecule is CCNCc1sc(C(OC)C(C)(C)C)nc1C(F)(F)F. The Morgan fingerprint density at radius 3 is 2.30 bits per heavy atom. The summed E-state index contributed by atoms with van der Waals surface area (Å²) in [4.78, 5) is 4.01. The highest BCUT2D eigenvalue weighted by molar-refractivity contribution is 7.11. The first-order valence-electron chi connectivity index (χ1n) is 6.41. The summed E-state index contributed by atoms with van der Waals surface area (Å²) in [5.74, 6) is 0. The Bertz CT molecular complexity index is 438. The van der Waals surface area contributed by atoms with Crippen molar-refractivity contribution in [2.75, 3.05) is 13.7 Å². The van der Waals surface area contributed by atoms with Gasteiger partial charge in [-0.2, -0.15) is 13.2 Å². The maximum absolute atomic E-state index is 13.0. The maximum atomic E-state index is 13.0. The molecule has 0 amide bonds. The van der Waals surface area contributed by atoms with Crippen LogP contribution in [0.3, 0.4) is 0 Å². The number of rotatable bonds is 5. The zero-order valence-corrected chi connectivity index (χ0v) is 13.2. The molecular formula is C13H21F3N2OS. The van der Waals surface area contributed by atoms with Gasteiger partial charge in [0.15, 0.2) is 5.69 Å². The van der Waals surface area contributed by atoms with E-state index >= 15 is 0 Å². The average molecular weight is 310 g/mol. The van der Waals surface area contributed by atoms with Gasteiger partial charge < -0.3 is 10.1 Å². The summed E-state index contributed by atoms with van der Waals surface area (Å²) in [5.41, 5.74) is -1.12. The Hall–Kier alpha value is -0.660. The van der Waals surface area contributed by atoms with Crippen LogP contribution in [0.2, 0.25) is 0 Å². The van der Waals surface area contributed by atoms with E-state index in [0.29, 0.717) is 11.6 Å². The number of methoxy groups -OCH3 is 1. The molecule has 0 bridgehead atoms. The molecule has 0 fully saturated rings. The summed E-state index contributed by atoms with van der Waals surface area (Å²) in [7, 11) is 1.49. The molecule has 1 aromatic rings. The Kier molecular flexibility index (Phi) is 5.57. The molecule has 1 unspecified atom stereocenters. The van der Waals surface area contributed by atoms with Crippen molar-refractivity contribution in [3.8, 4) is 0 Å². The van der Waals surface area contributed by atoms with Gasteiger partial charge in [0, 0.05) is 13.7 Å². The molecule has 1 atom stereocenters. The van der Waals surface area contributed by atoms with Gasteiger partial charge >= 0.3 is 6.18 Å². The highest BCUT2D eigenvalue weighted by atomic mass is 32.1. The molecule has 1 N–H and O–H groups in total. The highest BCUT2D eigenvalue weighted by Crippen LogP contribution is 2.41. The summed E-state index contributed by atoms with van der Waals surface area (Å²) < 4.78 is 44.4. The van der Waals surface area contributed by atoms with Crippen LogP contribution in [0.1, 0.15) is 49.4 Å². The number of alkyl halides is 3. The largest absolute Gasteiger partial charge is 0.434 e. The molecule has 0 spiro atoms. The summed E-state index contributed by atoms with van der Waals surface area (Å²) >= 11 is 1.07. The fourth-order valence-electron chi connectivity index (χ4n) is 1.89. The van der Waals surface area contributed by atoms with Gasteiger partial charge in [0.25, 0.3) is 0 Å². The lowest BCUT2D eigenvalue weighted by atomic mass is 9.89. The fraction of sp³-hybridized carbons (Fsp3) is 0.769. The van der Waals surface area contributed by atoms with E-state index in [1.807, 2.05) is 27.7 Å². The lowest BCUT2D eigenvalue weighted by Gasteiger charge is -2.27. The first kappa shape index (κ1) is 17.4. The molecule has 0 aromatic carbocycles. The van der Waals surface area contributed by atoms with Crippen LogP contribution in [0, 0.1) is 5.41 Å². The topological polar surface area (TPSA) is 34.1 Å². The third kappa shape index (κ3) is 4.17. The highest BCUT2D eigenvalue weighted by Gasteiger charge is 2.39. The molecule has 0 aliphatic heterocycles. The van der Waals surface area contributed by atoms with E-state index in [4.69, 9.17) is 4.74 Å². The normalized spacial score (nSPS) is 14.6. The summed E-state index contributed by atoms with van der Waals surface area (Å²) in [5, 5.41) is 3.29. The lowest BCUT2D eigenvalue weighted by molar-refractivity contribution is -0.141. The van der Waals surface area contributed by atoms with E-state index in [-0.39, 0.29) is 16.8 Å². The Balaban J connectivity index is 3.20. The first-order valence-corrected chi connectivity index (χ1v) is 7.23. The molecule has 0 aliphatic carbocycles. The number of hydrogen-bond donors (Lipinski definition) is 1. The quantitative estimate of drug-likeness (QED) is 0.892. The first-order chi connectivity index (χ1) is 9.11. The Morgan fingerprint density at radius 2 is 1.90 bits per heavy atom. The molecule has 1 rings (SSSR count). The second kappa shape index (κ2) is 6.41. The number of nitrogens with one attached hydrogen (secondary N) is 1. The van der Waals surface area contributed by atoms with Crippen LogP contribution < -0.4 is 5.32 Å². The zero-order chi connectivity index (χ0) is 15.6. The maximum Gasteiger partial charge on any atom is 0.434 e. The number of hydrogen-bond acceptors (Lipinski definition) is 4. The molecule has 1 heterocycles. The van der Waals surface area contributed by atoms with Crippen molar-refractivity contribution in [2.24, 2.45) is 5.41 Å². The Morgan fingerprint density at radius 1 is 1.30 bits per heavy atom. The van der Waals surface area contributed by atoms with Gasteiger partial charge in [0.05, 0.1) is 4.88 Å². The van der Waals surface area contributed by atoms with Gasteiger partial charge in [-0.3, -0.25) is 0 Å². The minimum atomic E-state index is -4.43. The van der Waals surface area contributed by atoms with Crippen LogP contribution in [0.5, 0.6) is 0 Å². The van der Waals surface area contributed by atoms with Crippen molar-refractivity contribution < 1.29 is 17.9 Å². The van der Waals surface area contributed by atoms with Gasteiger partial charge in [-0.1, -0.05) is 27.7 Å². The molecular weight excluding hydrogens is 289 g/mol. The Labute approximate surface area is 121 Å². The molecule has 0 saturated heterocycles. The van der Waals surface area contributed by atoms with Crippen molar-refractivity contribution in [1.29, 1.82) is 0 Å². The van der Waals surface area contributed by atoms with E-state index in [1.165, 1.54) is 7.11 Å². The van der Waals surface area contributed by atoms with Gasteiger partial charge in [0.2, 0.25) is 0 Å². The zero-order valence-electron chi connectivity index (χ0n) is 12.4. The third-order valence-electron chi connectivity index (χ3n) is 2.76. The van der Waals surface area contributed by atoms with Gasteiger partial charge in [-0.05, 0) is 12.0 Å². The van der Waals surface area contributed by atoms with Crippen LogP contribution in [-0.4, -0.2) is 18.6 Å². The van der Waals surface area contributed by atoms with Crippen LogP contribution in [0.25, 0.3) is 0 Å². The summed E-state index contributed by atoms with van der Waals surface area (Å²) in [6.45, 7) is 8.38. The van der Waals surface area contributed by atoms with E-state index in [2.05, 4.69) is 10.3 Å². The minimum absolute atomic E-state index is 0.170. The number of nitrogens with zero attached hydrogens (tertiary/aromatic N) is 1. The third-order valence-corrected chi connectivity index (χ3v) is 3.86. The van der Waals surface area contributed by atoms with E-state index < -0.39 is 18.0 Å². The van der Waals surface area contributed by atoms with Gasteiger partial charge in [0.1, 0.15) is 11.1 Å². The monoisotopic (exact) mass is 310 g/mol. The summed E-state index contributed by atoms with van der Waals surface area (Å²) in [6, 6.07) is 0. The molecule has 3 nitrogen and oxygen atoms in total. The minimum Gasteiger partial charge on any atom is -0.374 e. The van der Waals surface area contributed by atoms with Crippen molar-refractivity contribution in [1.82, 2.24) is 10.3 Å². The van der Waals surface area contributed by atoms with E-state index in [0.717, 1.165) is 11.3 Å². The van der Waals surface area contributed by atoms with Crippen molar-refractivity contribution in [2.45, 2.75) is 46.5 Å². The summed E-state index contributed by atoms with van der Waals surface area (Å²) in [6.07, 6.45) is -4.89. The molecule has 20 heavy (non-hydrogen) atoms. The van der Waals surface area contributed by atoms with Crippen LogP contribution >= 0.6 is 11.3 Å². The molecule has 1 aromatic heterocycles. The smallest absolute Gasteiger partial charge is 0.374 e. The second-order valence-electron chi connectivity index (χ2n) is 5.58. The lowest BCUT2D eigenvalue weighted by Crippen LogP contribution is -2.20. The fourth-order valence-corrected chi connectivity index (χ4v) is 3.27. The van der Waals surface area contributed by atoms with Crippen LogP contribution in [0.4, 0.5) is 13.2 Å². The molecule has 0 saturated carbocycles. The van der Waals surface area contributed by atoms with Crippen LogP contribution in [0.15, 0.2) is 0 Å². The number of thiazole rings is 1. The predicted molar refractivity (Wildman–Crippen MR) is 73.7 cm³/mol. The molecule has 116 valence electrons. The van der Waals surface area contributed by atoms with Gasteiger partial charge in [-0.25, -0.2) is 4.98 Å².